The third kappa shape index (κ3) is 3.37. The number of aromatic nitrogens is 2. The van der Waals surface area contributed by atoms with Gasteiger partial charge in [0.25, 0.3) is 5.69 Å². The summed E-state index contributed by atoms with van der Waals surface area (Å²) < 4.78 is 11.8. The van der Waals surface area contributed by atoms with E-state index in [0.29, 0.717) is 38.9 Å². The molecule has 1 aliphatic rings. The van der Waals surface area contributed by atoms with Crippen molar-refractivity contribution in [2.45, 2.75) is 12.8 Å². The van der Waals surface area contributed by atoms with Crippen LogP contribution in [0, 0.1) is 28.4 Å². The topological polar surface area (TPSA) is 144 Å². The molecule has 34 heavy (non-hydrogen) atoms. The molecule has 0 aliphatic carbocycles. The fourth-order valence-electron chi connectivity index (χ4n) is 4.11. The van der Waals surface area contributed by atoms with E-state index in [-0.39, 0.29) is 23.0 Å². The number of H-pyrrole nitrogens is 1. The predicted octanol–water partition coefficient (Wildman–Crippen LogP) is 5.42. The molecule has 0 radical (unpaired) electrons. The first-order chi connectivity index (χ1) is 16.4. The Morgan fingerprint density at radius 1 is 1.21 bits per heavy atom. The molecule has 5 rings (SSSR count). The summed E-state index contributed by atoms with van der Waals surface area (Å²) in [6.45, 7) is 1.66. The Kier molecular flexibility index (Phi) is 5.07. The van der Waals surface area contributed by atoms with Crippen molar-refractivity contribution in [3.8, 4) is 34.5 Å². The predicted molar refractivity (Wildman–Crippen MR) is 124 cm³/mol. The summed E-state index contributed by atoms with van der Waals surface area (Å²) in [5, 5.41) is 29.0. The lowest BCUT2D eigenvalue weighted by molar-refractivity contribution is -0.385. The fourth-order valence-corrected chi connectivity index (χ4v) is 4.23. The number of nitrogens with one attached hydrogen (secondary N) is 1. The van der Waals surface area contributed by atoms with Crippen molar-refractivity contribution in [1.82, 2.24) is 10.2 Å². The highest BCUT2D eigenvalue weighted by Gasteiger charge is 2.37. The van der Waals surface area contributed by atoms with E-state index in [9.17, 15) is 15.4 Å². The average molecular weight is 474 g/mol. The molecule has 0 spiro atoms. The Labute approximate surface area is 198 Å². The Balaban J connectivity index is 1.66. The lowest BCUT2D eigenvalue weighted by atomic mass is 9.86. The van der Waals surface area contributed by atoms with Gasteiger partial charge in [0.1, 0.15) is 23.2 Å². The summed E-state index contributed by atoms with van der Waals surface area (Å²) in [5.41, 5.74) is 9.25. The van der Waals surface area contributed by atoms with Crippen LogP contribution in [0.3, 0.4) is 0 Å². The minimum atomic E-state index is -0.703. The van der Waals surface area contributed by atoms with Crippen LogP contribution in [-0.4, -0.2) is 15.1 Å². The normalized spacial score (nSPS) is 14.9. The number of halogens is 1. The zero-order valence-corrected chi connectivity index (χ0v) is 18.5. The SMILES string of the molecule is Cc1c(-c2ccc([C@@H]3C(C#N)=C(N)Oc4n[nH]c(-c5ccc(Cl)cc5)c43)o2)cccc1[N+](=O)[O-]. The number of nitriles is 1. The first-order valence-electron chi connectivity index (χ1n) is 10.1. The van der Waals surface area contributed by atoms with Crippen molar-refractivity contribution < 1.29 is 14.1 Å². The number of rotatable bonds is 4. The molecular weight excluding hydrogens is 458 g/mol. The highest BCUT2D eigenvalue weighted by Crippen LogP contribution is 2.47. The molecule has 10 heteroatoms. The van der Waals surface area contributed by atoms with E-state index in [1.165, 1.54) is 6.07 Å². The number of allylic oxidation sites excluding steroid dienone is 1. The third-order valence-corrected chi connectivity index (χ3v) is 6.00. The monoisotopic (exact) mass is 473 g/mol. The summed E-state index contributed by atoms with van der Waals surface area (Å²) in [4.78, 5) is 10.9. The van der Waals surface area contributed by atoms with Crippen LogP contribution >= 0.6 is 11.6 Å². The van der Waals surface area contributed by atoms with Crippen molar-refractivity contribution >= 4 is 17.3 Å². The molecule has 168 valence electrons. The van der Waals surface area contributed by atoms with Crippen molar-refractivity contribution in [2.24, 2.45) is 5.73 Å². The summed E-state index contributed by atoms with van der Waals surface area (Å²) in [6.07, 6.45) is 0. The molecular formula is C24H16ClN5O4. The van der Waals surface area contributed by atoms with Gasteiger partial charge in [0.15, 0.2) is 0 Å². The van der Waals surface area contributed by atoms with E-state index in [2.05, 4.69) is 16.3 Å². The molecule has 0 amide bonds. The van der Waals surface area contributed by atoms with E-state index in [1.807, 2.05) is 12.1 Å². The average Bonchev–Trinajstić information content (AvgIpc) is 3.46. The second kappa shape index (κ2) is 8.10. The van der Waals surface area contributed by atoms with E-state index in [4.69, 9.17) is 26.5 Å². The van der Waals surface area contributed by atoms with Gasteiger partial charge in [-0.2, -0.15) is 5.26 Å². The molecule has 0 saturated carbocycles. The van der Waals surface area contributed by atoms with Crippen molar-refractivity contribution in [2.75, 3.05) is 0 Å². The maximum absolute atomic E-state index is 11.4. The van der Waals surface area contributed by atoms with Gasteiger partial charge in [-0.1, -0.05) is 35.9 Å². The van der Waals surface area contributed by atoms with Crippen LogP contribution < -0.4 is 10.5 Å². The van der Waals surface area contributed by atoms with Gasteiger partial charge in [0.05, 0.1) is 22.1 Å². The standard InChI is InChI=1S/C24H16ClN5O4/c1-12-15(3-2-4-17(12)30(31)32)18-9-10-19(33-18)20-16(11-26)23(27)34-24-21(20)22(28-29-24)13-5-7-14(25)8-6-13/h2-10,20H,27H2,1H3,(H,28,29)/t20-/m0/s1. The highest BCUT2D eigenvalue weighted by atomic mass is 35.5. The number of nitro benzene ring substituents is 1. The van der Waals surface area contributed by atoms with Crippen molar-refractivity contribution in [1.29, 1.82) is 5.26 Å². The van der Waals surface area contributed by atoms with Gasteiger partial charge in [-0.3, -0.25) is 15.2 Å². The molecule has 9 nitrogen and oxygen atoms in total. The smallest absolute Gasteiger partial charge is 0.273 e. The van der Waals surface area contributed by atoms with Gasteiger partial charge in [-0.15, -0.1) is 5.10 Å². The lowest BCUT2D eigenvalue weighted by Gasteiger charge is -2.22. The van der Waals surface area contributed by atoms with Gasteiger partial charge >= 0.3 is 0 Å². The zero-order valence-electron chi connectivity index (χ0n) is 17.7. The Hall–Kier alpha value is -4.55. The molecule has 4 aromatic rings. The van der Waals surface area contributed by atoms with Crippen molar-refractivity contribution in [3.05, 3.63) is 98.1 Å². The van der Waals surface area contributed by atoms with Gasteiger partial charge in [-0.25, -0.2) is 0 Å². The third-order valence-electron chi connectivity index (χ3n) is 5.75. The number of fused-ring (bicyclic) bond motifs is 1. The van der Waals surface area contributed by atoms with Crippen molar-refractivity contribution in [3.63, 3.8) is 0 Å². The molecule has 3 N–H and O–H groups in total. The molecule has 1 atom stereocenters. The minimum Gasteiger partial charge on any atom is -0.460 e. The molecule has 0 saturated heterocycles. The van der Waals surface area contributed by atoms with E-state index >= 15 is 0 Å². The second-order valence-corrected chi connectivity index (χ2v) is 8.09. The number of ether oxygens (including phenoxy) is 1. The number of hydrogen-bond donors (Lipinski definition) is 2. The van der Waals surface area contributed by atoms with Crippen LogP contribution in [0.2, 0.25) is 5.02 Å². The van der Waals surface area contributed by atoms with Crippen LogP contribution in [-0.2, 0) is 0 Å². The summed E-state index contributed by atoms with van der Waals surface area (Å²) in [6, 6.07) is 17.5. The minimum absolute atomic E-state index is 0.00878. The Morgan fingerprint density at radius 3 is 2.68 bits per heavy atom. The van der Waals surface area contributed by atoms with Gasteiger partial charge in [-0.05, 0) is 31.2 Å². The highest BCUT2D eigenvalue weighted by molar-refractivity contribution is 6.30. The number of nitrogens with two attached hydrogens (primary N) is 1. The molecule has 3 heterocycles. The van der Waals surface area contributed by atoms with E-state index in [1.54, 1.807) is 43.3 Å². The molecule has 0 bridgehead atoms. The number of furan rings is 1. The Morgan fingerprint density at radius 2 is 1.97 bits per heavy atom. The number of nitrogens with zero attached hydrogens (tertiary/aromatic N) is 3. The molecule has 0 fully saturated rings. The van der Waals surface area contributed by atoms with Gasteiger partial charge < -0.3 is 14.9 Å². The number of hydrogen-bond acceptors (Lipinski definition) is 7. The van der Waals surface area contributed by atoms with E-state index in [0.717, 1.165) is 5.56 Å². The van der Waals surface area contributed by atoms with Crippen LogP contribution in [0.25, 0.3) is 22.6 Å². The maximum atomic E-state index is 11.4. The second-order valence-electron chi connectivity index (χ2n) is 7.66. The van der Waals surface area contributed by atoms with E-state index < -0.39 is 10.8 Å². The summed E-state index contributed by atoms with van der Waals surface area (Å²) in [5.74, 6) is 0.304. The Bertz CT molecular complexity index is 1510. The van der Waals surface area contributed by atoms with Gasteiger partial charge in [0, 0.05) is 27.8 Å². The molecule has 1 aliphatic heterocycles. The molecule has 0 unspecified atom stereocenters. The number of benzene rings is 2. The van der Waals surface area contributed by atoms with Crippen LogP contribution in [0.15, 0.2) is 70.5 Å². The fraction of sp³-hybridized carbons (Fsp3) is 0.0833. The number of aromatic amines is 1. The maximum Gasteiger partial charge on any atom is 0.273 e. The first-order valence-corrected chi connectivity index (χ1v) is 10.5. The van der Waals surface area contributed by atoms with Gasteiger partial charge in [0.2, 0.25) is 11.8 Å². The van der Waals surface area contributed by atoms with Crippen LogP contribution in [0.4, 0.5) is 5.69 Å². The first kappa shape index (κ1) is 21.3. The molecule has 2 aromatic heterocycles. The summed E-state index contributed by atoms with van der Waals surface area (Å²) in [7, 11) is 0. The van der Waals surface area contributed by atoms with Crippen LogP contribution in [0.5, 0.6) is 5.88 Å². The molecule has 2 aromatic carbocycles. The quantitative estimate of drug-likeness (QED) is 0.297. The number of nitro groups is 1. The zero-order chi connectivity index (χ0) is 24.0. The van der Waals surface area contributed by atoms with Crippen LogP contribution in [0.1, 0.15) is 22.8 Å². The largest absolute Gasteiger partial charge is 0.460 e. The summed E-state index contributed by atoms with van der Waals surface area (Å²) >= 11 is 6.04. The lowest BCUT2D eigenvalue weighted by Crippen LogP contribution is -2.20.